The van der Waals surface area contributed by atoms with Gasteiger partial charge in [0.05, 0.1) is 0 Å². The van der Waals surface area contributed by atoms with Gasteiger partial charge in [-0.15, -0.1) is 0 Å². The second-order valence-electron chi connectivity index (χ2n) is 7.20. The summed E-state index contributed by atoms with van der Waals surface area (Å²) in [6, 6.07) is 19.7. The van der Waals surface area contributed by atoms with Gasteiger partial charge in [0.1, 0.15) is 0 Å². The molecule has 2 aromatic carbocycles. The molecule has 0 spiro atoms. The zero-order valence-corrected chi connectivity index (χ0v) is 14.9. The molecule has 26 heavy (non-hydrogen) atoms. The van der Waals surface area contributed by atoms with Gasteiger partial charge in [0.2, 0.25) is 5.91 Å². The summed E-state index contributed by atoms with van der Waals surface area (Å²) < 4.78 is 0. The van der Waals surface area contributed by atoms with Crippen LogP contribution in [0.5, 0.6) is 0 Å². The van der Waals surface area contributed by atoms with Gasteiger partial charge < -0.3 is 9.80 Å². The van der Waals surface area contributed by atoms with E-state index in [1.807, 2.05) is 58.3 Å². The maximum Gasteiger partial charge on any atom is 0.253 e. The number of rotatable bonds is 3. The van der Waals surface area contributed by atoms with Crippen LogP contribution in [0, 0.1) is 5.92 Å². The molecule has 1 heterocycles. The maximum absolute atomic E-state index is 12.9. The first-order valence-electron chi connectivity index (χ1n) is 9.42. The molecule has 2 aromatic rings. The Morgan fingerprint density at radius 2 is 1.38 bits per heavy atom. The molecule has 2 aliphatic rings. The molecule has 1 saturated heterocycles. The summed E-state index contributed by atoms with van der Waals surface area (Å²) in [5, 5.41) is 0. The Hall–Kier alpha value is -2.62. The van der Waals surface area contributed by atoms with Crippen molar-refractivity contribution in [2.45, 2.75) is 18.8 Å². The third-order valence-corrected chi connectivity index (χ3v) is 5.45. The van der Waals surface area contributed by atoms with Crippen LogP contribution in [-0.2, 0) is 4.79 Å². The summed E-state index contributed by atoms with van der Waals surface area (Å²) in [6.07, 6.45) is 1.79. The predicted molar refractivity (Wildman–Crippen MR) is 101 cm³/mol. The second-order valence-corrected chi connectivity index (χ2v) is 7.20. The number of nitrogens with zero attached hydrogens (tertiary/aromatic N) is 2. The van der Waals surface area contributed by atoms with Crippen molar-refractivity contribution in [3.05, 3.63) is 71.8 Å². The van der Waals surface area contributed by atoms with Crippen LogP contribution in [0.15, 0.2) is 60.7 Å². The third kappa shape index (κ3) is 3.50. The molecule has 0 bridgehead atoms. The molecule has 0 aromatic heterocycles. The van der Waals surface area contributed by atoms with Crippen LogP contribution < -0.4 is 0 Å². The summed E-state index contributed by atoms with van der Waals surface area (Å²) in [6.45, 7) is 2.71. The van der Waals surface area contributed by atoms with Gasteiger partial charge in [-0.3, -0.25) is 9.59 Å². The highest BCUT2D eigenvalue weighted by Crippen LogP contribution is 2.48. The Kier molecular flexibility index (Phi) is 4.74. The van der Waals surface area contributed by atoms with Gasteiger partial charge in [-0.1, -0.05) is 48.5 Å². The van der Waals surface area contributed by atoms with Crippen LogP contribution in [0.1, 0.15) is 34.7 Å². The normalized spacial score (nSPS) is 22.6. The largest absolute Gasteiger partial charge is 0.341 e. The molecule has 2 amide bonds. The first-order chi connectivity index (χ1) is 12.7. The first-order valence-corrected chi connectivity index (χ1v) is 9.42. The minimum Gasteiger partial charge on any atom is -0.341 e. The number of hydrogen-bond acceptors (Lipinski definition) is 2. The summed E-state index contributed by atoms with van der Waals surface area (Å²) in [7, 11) is 0. The molecule has 1 aliphatic carbocycles. The number of carbonyl (C=O) groups excluding carboxylic acids is 2. The van der Waals surface area contributed by atoms with Crippen LogP contribution >= 0.6 is 0 Å². The van der Waals surface area contributed by atoms with E-state index in [0.29, 0.717) is 25.6 Å². The fourth-order valence-electron chi connectivity index (χ4n) is 3.88. The van der Waals surface area contributed by atoms with Gasteiger partial charge >= 0.3 is 0 Å². The Morgan fingerprint density at radius 3 is 2.12 bits per heavy atom. The van der Waals surface area contributed by atoms with E-state index in [2.05, 4.69) is 12.1 Å². The zero-order chi connectivity index (χ0) is 17.9. The van der Waals surface area contributed by atoms with E-state index >= 15 is 0 Å². The quantitative estimate of drug-likeness (QED) is 0.855. The first kappa shape index (κ1) is 16.8. The highest BCUT2D eigenvalue weighted by molar-refractivity contribution is 5.94. The van der Waals surface area contributed by atoms with Crippen molar-refractivity contribution in [2.75, 3.05) is 26.2 Å². The Labute approximate surface area is 154 Å². The molecule has 0 radical (unpaired) electrons. The van der Waals surface area contributed by atoms with E-state index in [0.717, 1.165) is 24.9 Å². The van der Waals surface area contributed by atoms with E-state index in [9.17, 15) is 9.59 Å². The average molecular weight is 348 g/mol. The topological polar surface area (TPSA) is 40.6 Å². The molecule has 1 aliphatic heterocycles. The van der Waals surface area contributed by atoms with Crippen molar-refractivity contribution >= 4 is 11.8 Å². The van der Waals surface area contributed by atoms with E-state index in [1.165, 1.54) is 5.56 Å². The zero-order valence-electron chi connectivity index (χ0n) is 14.9. The molecule has 2 atom stereocenters. The standard InChI is InChI=1S/C22H24N2O2/c25-21(18-10-5-2-6-11-18)23-12-7-13-24(15-14-23)22(26)20-16-19(20)17-8-3-1-4-9-17/h1-6,8-11,19-20H,7,12-16H2. The van der Waals surface area contributed by atoms with Crippen LogP contribution in [0.2, 0.25) is 0 Å². The van der Waals surface area contributed by atoms with Crippen LogP contribution in [0.3, 0.4) is 0 Å². The van der Waals surface area contributed by atoms with Gasteiger partial charge in [-0.2, -0.15) is 0 Å². The van der Waals surface area contributed by atoms with Gasteiger partial charge in [-0.05, 0) is 36.5 Å². The van der Waals surface area contributed by atoms with Gasteiger partial charge in [0.15, 0.2) is 0 Å². The lowest BCUT2D eigenvalue weighted by Crippen LogP contribution is -2.38. The summed E-state index contributed by atoms with van der Waals surface area (Å²) in [4.78, 5) is 29.3. The summed E-state index contributed by atoms with van der Waals surface area (Å²) in [5.41, 5.74) is 1.99. The monoisotopic (exact) mass is 348 g/mol. The van der Waals surface area contributed by atoms with Crippen molar-refractivity contribution in [3.63, 3.8) is 0 Å². The van der Waals surface area contributed by atoms with Crippen molar-refractivity contribution in [2.24, 2.45) is 5.92 Å². The Bertz CT molecular complexity index is 775. The molecule has 4 rings (SSSR count). The molecule has 134 valence electrons. The molecule has 0 N–H and O–H groups in total. The van der Waals surface area contributed by atoms with E-state index in [-0.39, 0.29) is 17.7 Å². The molecule has 4 nitrogen and oxygen atoms in total. The fraction of sp³-hybridized carbons (Fsp3) is 0.364. The van der Waals surface area contributed by atoms with Crippen molar-refractivity contribution in [3.8, 4) is 0 Å². The molecule has 2 fully saturated rings. The second kappa shape index (κ2) is 7.32. The minimum absolute atomic E-state index is 0.0634. The molecule has 4 heteroatoms. The van der Waals surface area contributed by atoms with Crippen molar-refractivity contribution < 1.29 is 9.59 Å². The van der Waals surface area contributed by atoms with Gasteiger partial charge in [0, 0.05) is 37.7 Å². The van der Waals surface area contributed by atoms with Gasteiger partial charge in [-0.25, -0.2) is 0 Å². The Balaban J connectivity index is 1.35. The van der Waals surface area contributed by atoms with Gasteiger partial charge in [0.25, 0.3) is 5.91 Å². The Morgan fingerprint density at radius 1 is 0.769 bits per heavy atom. The summed E-state index contributed by atoms with van der Waals surface area (Å²) in [5.74, 6) is 0.809. The van der Waals surface area contributed by atoms with E-state index in [4.69, 9.17) is 0 Å². The average Bonchev–Trinajstić information content (AvgIpc) is 3.52. The smallest absolute Gasteiger partial charge is 0.253 e. The SMILES string of the molecule is O=C(c1ccccc1)N1CCCN(C(=O)C2CC2c2ccccc2)CC1. The third-order valence-electron chi connectivity index (χ3n) is 5.45. The number of carbonyl (C=O) groups is 2. The van der Waals surface area contributed by atoms with E-state index < -0.39 is 0 Å². The minimum atomic E-state index is 0.0634. The highest BCUT2D eigenvalue weighted by atomic mass is 16.2. The molecular formula is C22H24N2O2. The number of hydrogen-bond donors (Lipinski definition) is 0. The summed E-state index contributed by atoms with van der Waals surface area (Å²) >= 11 is 0. The van der Waals surface area contributed by atoms with E-state index in [1.54, 1.807) is 0 Å². The van der Waals surface area contributed by atoms with Crippen LogP contribution in [-0.4, -0.2) is 47.8 Å². The van der Waals surface area contributed by atoms with Crippen molar-refractivity contribution in [1.82, 2.24) is 9.80 Å². The maximum atomic E-state index is 12.9. The highest BCUT2D eigenvalue weighted by Gasteiger charge is 2.45. The van der Waals surface area contributed by atoms with Crippen molar-refractivity contribution in [1.29, 1.82) is 0 Å². The predicted octanol–water partition coefficient (Wildman–Crippen LogP) is 3.16. The lowest BCUT2D eigenvalue weighted by atomic mass is 10.1. The molecule has 1 saturated carbocycles. The fourth-order valence-corrected chi connectivity index (χ4v) is 3.88. The number of benzene rings is 2. The van der Waals surface area contributed by atoms with Crippen LogP contribution in [0.4, 0.5) is 0 Å². The number of amides is 2. The molecular weight excluding hydrogens is 324 g/mol. The molecule has 2 unspecified atom stereocenters. The van der Waals surface area contributed by atoms with Crippen LogP contribution in [0.25, 0.3) is 0 Å². The lowest BCUT2D eigenvalue weighted by Gasteiger charge is -2.22. The lowest BCUT2D eigenvalue weighted by molar-refractivity contribution is -0.132.